The number of nitro groups is 1. The van der Waals surface area contributed by atoms with Crippen molar-refractivity contribution in [1.82, 2.24) is 9.97 Å². The van der Waals surface area contributed by atoms with Crippen LogP contribution in [0.3, 0.4) is 0 Å². The van der Waals surface area contributed by atoms with Crippen molar-refractivity contribution >= 4 is 33.1 Å². The smallest absolute Gasteiger partial charge is 0.270 e. The Bertz CT molecular complexity index is 1250. The van der Waals surface area contributed by atoms with Crippen LogP contribution in [0.25, 0.3) is 33.5 Å². The lowest BCUT2D eigenvalue weighted by Gasteiger charge is -2.04. The standard InChI is InChI=1S/C19H13N5O2S/c1-10-5-6-13-14(7-10)23-19(22-13)17-16(15(9-20)27-18(17)21)11-3-2-4-12(8-11)24(25)26/h2-8H,21H2,1H3,(H,22,23). The number of nitrogens with zero attached hydrogens (tertiary/aromatic N) is 3. The van der Waals surface area contributed by atoms with E-state index in [1.54, 1.807) is 12.1 Å². The molecule has 4 rings (SSSR count). The first-order valence-corrected chi connectivity index (χ1v) is 8.83. The van der Waals surface area contributed by atoms with Crippen molar-refractivity contribution in [2.45, 2.75) is 6.92 Å². The van der Waals surface area contributed by atoms with E-state index in [0.717, 1.165) is 27.9 Å². The minimum Gasteiger partial charge on any atom is -0.390 e. The summed E-state index contributed by atoms with van der Waals surface area (Å²) in [5.74, 6) is 0.535. The lowest BCUT2D eigenvalue weighted by atomic mass is 10.0. The zero-order valence-corrected chi connectivity index (χ0v) is 15.0. The zero-order chi connectivity index (χ0) is 19.1. The van der Waals surface area contributed by atoms with Gasteiger partial charge in [0.2, 0.25) is 0 Å². The molecule has 0 amide bonds. The Balaban J connectivity index is 1.99. The minimum atomic E-state index is -0.463. The molecule has 0 radical (unpaired) electrons. The Labute approximate surface area is 157 Å². The molecule has 0 aliphatic carbocycles. The molecule has 0 saturated heterocycles. The molecule has 132 valence electrons. The fraction of sp³-hybridized carbons (Fsp3) is 0.0526. The van der Waals surface area contributed by atoms with Gasteiger partial charge in [0, 0.05) is 17.7 Å². The number of aromatic nitrogens is 2. The summed E-state index contributed by atoms with van der Waals surface area (Å²) in [5, 5.41) is 21.1. The van der Waals surface area contributed by atoms with Crippen LogP contribution in [-0.2, 0) is 0 Å². The molecule has 3 N–H and O–H groups in total. The molecule has 2 heterocycles. The number of hydrogen-bond donors (Lipinski definition) is 2. The average Bonchev–Trinajstić information content (AvgIpc) is 3.21. The molecule has 8 heteroatoms. The summed E-state index contributed by atoms with van der Waals surface area (Å²) in [4.78, 5) is 18.9. The van der Waals surface area contributed by atoms with Crippen LogP contribution in [-0.4, -0.2) is 14.9 Å². The molecule has 7 nitrogen and oxygen atoms in total. The van der Waals surface area contributed by atoms with Gasteiger partial charge in [-0.05, 0) is 30.2 Å². The number of benzene rings is 2. The number of imidazole rings is 1. The third kappa shape index (κ3) is 2.80. The lowest BCUT2D eigenvalue weighted by Crippen LogP contribution is -1.91. The molecule has 0 aliphatic rings. The van der Waals surface area contributed by atoms with Crippen molar-refractivity contribution in [3.63, 3.8) is 0 Å². The fourth-order valence-corrected chi connectivity index (χ4v) is 3.94. The van der Waals surface area contributed by atoms with Gasteiger partial charge in [0.1, 0.15) is 16.8 Å². The quantitative estimate of drug-likeness (QED) is 0.399. The van der Waals surface area contributed by atoms with Crippen molar-refractivity contribution in [1.29, 1.82) is 5.26 Å². The molecule has 0 fully saturated rings. The normalized spacial score (nSPS) is 10.8. The van der Waals surface area contributed by atoms with Gasteiger partial charge in [-0.25, -0.2) is 4.98 Å². The van der Waals surface area contributed by atoms with Crippen LogP contribution in [0, 0.1) is 28.4 Å². The molecule has 0 saturated carbocycles. The van der Waals surface area contributed by atoms with Crippen LogP contribution in [0.15, 0.2) is 42.5 Å². The Hall–Kier alpha value is -3.70. The number of rotatable bonds is 3. The highest BCUT2D eigenvalue weighted by atomic mass is 32.1. The number of H-pyrrole nitrogens is 1. The molecule has 0 spiro atoms. The van der Waals surface area contributed by atoms with E-state index in [4.69, 9.17) is 5.73 Å². The highest BCUT2D eigenvalue weighted by Gasteiger charge is 2.23. The van der Waals surface area contributed by atoms with Crippen molar-refractivity contribution in [3.05, 3.63) is 63.0 Å². The maximum Gasteiger partial charge on any atom is 0.270 e. The van der Waals surface area contributed by atoms with E-state index >= 15 is 0 Å². The summed E-state index contributed by atoms with van der Waals surface area (Å²) < 4.78 is 0. The third-order valence-electron chi connectivity index (χ3n) is 4.26. The maximum absolute atomic E-state index is 11.1. The molecule has 0 atom stereocenters. The van der Waals surface area contributed by atoms with Gasteiger partial charge in [-0.3, -0.25) is 10.1 Å². The second-order valence-electron chi connectivity index (χ2n) is 6.07. The highest BCUT2D eigenvalue weighted by molar-refractivity contribution is 7.17. The SMILES string of the molecule is Cc1ccc2nc(-c3c(N)sc(C#N)c3-c3cccc([N+](=O)[O-])c3)[nH]c2c1. The summed E-state index contributed by atoms with van der Waals surface area (Å²) in [6.07, 6.45) is 0. The van der Waals surface area contributed by atoms with E-state index < -0.39 is 4.92 Å². The van der Waals surface area contributed by atoms with Crippen molar-refractivity contribution < 1.29 is 4.92 Å². The predicted molar refractivity (Wildman–Crippen MR) is 105 cm³/mol. The second kappa shape index (κ2) is 6.23. The van der Waals surface area contributed by atoms with E-state index in [1.165, 1.54) is 12.1 Å². The van der Waals surface area contributed by atoms with Gasteiger partial charge >= 0.3 is 0 Å². The number of nitrogens with two attached hydrogens (primary N) is 1. The van der Waals surface area contributed by atoms with Gasteiger partial charge < -0.3 is 10.7 Å². The summed E-state index contributed by atoms with van der Waals surface area (Å²) in [6, 6.07) is 14.2. The van der Waals surface area contributed by atoms with Gasteiger partial charge in [-0.1, -0.05) is 18.2 Å². The number of anilines is 1. The summed E-state index contributed by atoms with van der Waals surface area (Å²) in [7, 11) is 0. The molecule has 27 heavy (non-hydrogen) atoms. The van der Waals surface area contributed by atoms with Crippen molar-refractivity contribution in [2.24, 2.45) is 0 Å². The van der Waals surface area contributed by atoms with Gasteiger partial charge in [0.15, 0.2) is 0 Å². The monoisotopic (exact) mass is 375 g/mol. The van der Waals surface area contributed by atoms with Crippen molar-refractivity contribution in [3.8, 4) is 28.6 Å². The fourth-order valence-electron chi connectivity index (χ4n) is 3.05. The van der Waals surface area contributed by atoms with Gasteiger partial charge in [-0.15, -0.1) is 11.3 Å². The van der Waals surface area contributed by atoms with Gasteiger partial charge in [0.25, 0.3) is 5.69 Å². The van der Waals surface area contributed by atoms with Crippen LogP contribution >= 0.6 is 11.3 Å². The van der Waals surface area contributed by atoms with Crippen LogP contribution in [0.4, 0.5) is 10.7 Å². The maximum atomic E-state index is 11.1. The number of hydrogen-bond acceptors (Lipinski definition) is 6. The number of aryl methyl sites for hydroxylation is 1. The van der Waals surface area contributed by atoms with Crippen LogP contribution in [0.5, 0.6) is 0 Å². The van der Waals surface area contributed by atoms with E-state index in [1.807, 2.05) is 25.1 Å². The first-order valence-electron chi connectivity index (χ1n) is 8.02. The number of nitriles is 1. The van der Waals surface area contributed by atoms with E-state index in [-0.39, 0.29) is 5.69 Å². The summed E-state index contributed by atoms with van der Waals surface area (Å²) in [6.45, 7) is 1.99. The number of nitrogens with one attached hydrogen (secondary N) is 1. The minimum absolute atomic E-state index is 0.0488. The first-order chi connectivity index (χ1) is 13.0. The highest BCUT2D eigenvalue weighted by Crippen LogP contribution is 2.44. The van der Waals surface area contributed by atoms with Crippen molar-refractivity contribution in [2.75, 3.05) is 5.73 Å². The molecular weight excluding hydrogens is 362 g/mol. The molecular formula is C19H13N5O2S. The Morgan fingerprint density at radius 2 is 2.07 bits per heavy atom. The molecule has 4 aromatic rings. The number of aromatic amines is 1. The lowest BCUT2D eigenvalue weighted by molar-refractivity contribution is -0.384. The van der Waals surface area contributed by atoms with E-state index in [9.17, 15) is 15.4 Å². The van der Waals surface area contributed by atoms with Gasteiger partial charge in [-0.2, -0.15) is 5.26 Å². The Kier molecular flexibility index (Phi) is 3.86. The van der Waals surface area contributed by atoms with Crippen LogP contribution < -0.4 is 5.73 Å². The number of thiophene rings is 1. The molecule has 0 aliphatic heterocycles. The largest absolute Gasteiger partial charge is 0.390 e. The average molecular weight is 375 g/mol. The number of nitrogen functional groups attached to an aromatic ring is 1. The Morgan fingerprint density at radius 1 is 1.26 bits per heavy atom. The number of non-ortho nitro benzene ring substituents is 1. The van der Waals surface area contributed by atoms with E-state index in [0.29, 0.717) is 32.4 Å². The number of fused-ring (bicyclic) bond motifs is 1. The summed E-state index contributed by atoms with van der Waals surface area (Å²) in [5.41, 5.74) is 10.6. The number of nitro benzene ring substituents is 1. The van der Waals surface area contributed by atoms with Crippen LogP contribution in [0.2, 0.25) is 0 Å². The second-order valence-corrected chi connectivity index (χ2v) is 7.12. The summed E-state index contributed by atoms with van der Waals surface area (Å²) >= 11 is 1.14. The van der Waals surface area contributed by atoms with E-state index in [2.05, 4.69) is 16.0 Å². The zero-order valence-electron chi connectivity index (χ0n) is 14.2. The third-order valence-corrected chi connectivity index (χ3v) is 5.18. The predicted octanol–water partition coefficient (Wildman–Crippen LogP) is 4.63. The molecule has 0 unspecified atom stereocenters. The Morgan fingerprint density at radius 3 is 2.81 bits per heavy atom. The van der Waals surface area contributed by atoms with Crippen LogP contribution in [0.1, 0.15) is 10.4 Å². The first kappa shape index (κ1) is 16.8. The topological polar surface area (TPSA) is 122 Å². The molecule has 0 bridgehead atoms. The molecule has 2 aromatic heterocycles. The molecule has 2 aromatic carbocycles. The van der Waals surface area contributed by atoms with Gasteiger partial charge in [0.05, 0.1) is 26.5 Å².